The number of ether oxygens (including phenoxy) is 2. The van der Waals surface area contributed by atoms with Gasteiger partial charge < -0.3 is 14.4 Å². The summed E-state index contributed by atoms with van der Waals surface area (Å²) in [5.41, 5.74) is 0.0817. The fourth-order valence-electron chi connectivity index (χ4n) is 2.90. The smallest absolute Gasteiger partial charge is 0.310 e. The number of morpholine rings is 1. The maximum atomic E-state index is 12.9. The van der Waals surface area contributed by atoms with Gasteiger partial charge in [-0.05, 0) is 6.07 Å². The summed E-state index contributed by atoms with van der Waals surface area (Å²) >= 11 is 0. The average Bonchev–Trinajstić information content (AvgIpc) is 2.70. The molecule has 0 aromatic heterocycles. The van der Waals surface area contributed by atoms with Crippen molar-refractivity contribution in [1.29, 1.82) is 0 Å². The first-order chi connectivity index (χ1) is 12.9. The molecule has 9 nitrogen and oxygen atoms in total. The quantitative estimate of drug-likeness (QED) is 0.380. The Balaban J connectivity index is 2.13. The third kappa shape index (κ3) is 6.00. The van der Waals surface area contributed by atoms with Crippen molar-refractivity contribution in [2.24, 2.45) is 5.92 Å². The first-order valence-corrected chi connectivity index (χ1v) is 8.84. The summed E-state index contributed by atoms with van der Waals surface area (Å²) in [6, 6.07) is 5.62. The van der Waals surface area contributed by atoms with Gasteiger partial charge in [-0.15, -0.1) is 0 Å². The van der Waals surface area contributed by atoms with Crippen molar-refractivity contribution in [1.82, 2.24) is 9.80 Å². The van der Waals surface area contributed by atoms with Gasteiger partial charge in [0.1, 0.15) is 0 Å². The van der Waals surface area contributed by atoms with Crippen molar-refractivity contribution in [3.63, 3.8) is 0 Å². The lowest BCUT2D eigenvalue weighted by Crippen LogP contribution is -2.45. The van der Waals surface area contributed by atoms with Gasteiger partial charge in [-0.1, -0.05) is 13.0 Å². The zero-order chi connectivity index (χ0) is 19.8. The molecule has 2 rings (SSSR count). The molecule has 0 N–H and O–H groups in total. The van der Waals surface area contributed by atoms with Gasteiger partial charge in [-0.2, -0.15) is 0 Å². The number of nitro benzene ring substituents is 1. The van der Waals surface area contributed by atoms with E-state index in [0.29, 0.717) is 26.3 Å². The fourth-order valence-corrected chi connectivity index (χ4v) is 2.90. The molecule has 1 aromatic rings. The van der Waals surface area contributed by atoms with Crippen LogP contribution in [-0.2, 0) is 14.3 Å². The average molecular weight is 379 g/mol. The van der Waals surface area contributed by atoms with Gasteiger partial charge in [0.25, 0.3) is 11.6 Å². The Morgan fingerprint density at radius 1 is 1.37 bits per heavy atom. The number of carbonyl (C=O) groups excluding carboxylic acids is 2. The van der Waals surface area contributed by atoms with Crippen LogP contribution in [0.3, 0.4) is 0 Å². The number of rotatable bonds is 8. The standard InChI is InChI=1S/C18H25N3O6/c1-14(18(23)26-2)13-20(7-6-19-8-10-27-11-9-19)17(22)15-4-3-5-16(12-15)21(24)25/h3-5,12,14H,6-11,13H2,1-2H3. The lowest BCUT2D eigenvalue weighted by Gasteiger charge is -2.31. The number of benzene rings is 1. The predicted molar refractivity (Wildman–Crippen MR) is 97.4 cm³/mol. The van der Waals surface area contributed by atoms with Crippen molar-refractivity contribution in [2.75, 3.05) is 53.0 Å². The Morgan fingerprint density at radius 2 is 2.07 bits per heavy atom. The molecule has 1 heterocycles. The highest BCUT2D eigenvalue weighted by Gasteiger charge is 2.24. The minimum atomic E-state index is -0.536. The first kappa shape index (κ1) is 20.8. The number of hydrogen-bond donors (Lipinski definition) is 0. The number of amides is 1. The summed E-state index contributed by atoms with van der Waals surface area (Å²) in [6.45, 7) is 5.78. The Kier molecular flexibility index (Phi) is 7.68. The fraction of sp³-hybridized carbons (Fsp3) is 0.556. The first-order valence-electron chi connectivity index (χ1n) is 8.84. The highest BCUT2D eigenvalue weighted by molar-refractivity contribution is 5.95. The van der Waals surface area contributed by atoms with E-state index in [1.807, 2.05) is 0 Å². The molecule has 27 heavy (non-hydrogen) atoms. The molecule has 0 radical (unpaired) electrons. The molecule has 1 amide bonds. The summed E-state index contributed by atoms with van der Waals surface area (Å²) in [5.74, 6) is -1.25. The molecule has 1 fully saturated rings. The highest BCUT2D eigenvalue weighted by atomic mass is 16.6. The van der Waals surface area contributed by atoms with E-state index in [2.05, 4.69) is 4.90 Å². The van der Waals surface area contributed by atoms with Gasteiger partial charge in [-0.3, -0.25) is 24.6 Å². The Hall–Kier alpha value is -2.52. The van der Waals surface area contributed by atoms with E-state index in [-0.39, 0.29) is 23.7 Å². The highest BCUT2D eigenvalue weighted by Crippen LogP contribution is 2.16. The molecule has 9 heteroatoms. The number of nitrogens with zero attached hydrogens (tertiary/aromatic N) is 3. The molecule has 1 aromatic carbocycles. The molecule has 0 bridgehead atoms. The second kappa shape index (κ2) is 9.98. The molecule has 1 unspecified atom stereocenters. The van der Waals surface area contributed by atoms with E-state index in [4.69, 9.17) is 9.47 Å². The zero-order valence-electron chi connectivity index (χ0n) is 15.6. The number of carbonyl (C=O) groups is 2. The SMILES string of the molecule is COC(=O)C(C)CN(CCN1CCOCC1)C(=O)c1cccc([N+](=O)[O-])c1. The Morgan fingerprint density at radius 3 is 2.70 bits per heavy atom. The predicted octanol–water partition coefficient (Wildman–Crippen LogP) is 1.18. The molecule has 0 aliphatic carbocycles. The van der Waals surface area contributed by atoms with E-state index < -0.39 is 16.8 Å². The summed E-state index contributed by atoms with van der Waals surface area (Å²) in [5, 5.41) is 11.0. The van der Waals surface area contributed by atoms with Crippen LogP contribution >= 0.6 is 0 Å². The van der Waals surface area contributed by atoms with Gasteiger partial charge in [0, 0.05) is 50.4 Å². The van der Waals surface area contributed by atoms with Crippen LogP contribution in [0.5, 0.6) is 0 Å². The molecule has 0 spiro atoms. The number of hydrogen-bond acceptors (Lipinski definition) is 7. The molecule has 1 aliphatic rings. The minimum absolute atomic E-state index is 0.144. The van der Waals surface area contributed by atoms with Crippen LogP contribution in [-0.4, -0.2) is 79.6 Å². The van der Waals surface area contributed by atoms with Crippen LogP contribution in [0.15, 0.2) is 24.3 Å². The van der Waals surface area contributed by atoms with Crippen molar-refractivity contribution >= 4 is 17.6 Å². The maximum Gasteiger partial charge on any atom is 0.310 e. The van der Waals surface area contributed by atoms with E-state index in [1.54, 1.807) is 17.9 Å². The van der Waals surface area contributed by atoms with Gasteiger partial charge in [0.2, 0.25) is 0 Å². The zero-order valence-corrected chi connectivity index (χ0v) is 15.6. The Labute approximate surface area is 158 Å². The van der Waals surface area contributed by atoms with Crippen molar-refractivity contribution in [3.05, 3.63) is 39.9 Å². The molecule has 1 aliphatic heterocycles. The van der Waals surface area contributed by atoms with E-state index in [0.717, 1.165) is 13.1 Å². The van der Waals surface area contributed by atoms with Crippen molar-refractivity contribution in [3.8, 4) is 0 Å². The largest absolute Gasteiger partial charge is 0.469 e. The Bertz CT molecular complexity index is 675. The van der Waals surface area contributed by atoms with Crippen LogP contribution in [0.2, 0.25) is 0 Å². The molecule has 1 saturated heterocycles. The number of nitro groups is 1. The molecular formula is C18H25N3O6. The van der Waals surface area contributed by atoms with E-state index >= 15 is 0 Å². The maximum absolute atomic E-state index is 12.9. The van der Waals surface area contributed by atoms with Gasteiger partial charge in [0.15, 0.2) is 0 Å². The number of esters is 1. The van der Waals surface area contributed by atoms with Crippen LogP contribution in [0, 0.1) is 16.0 Å². The van der Waals surface area contributed by atoms with Crippen LogP contribution in [0.4, 0.5) is 5.69 Å². The number of non-ortho nitro benzene ring substituents is 1. The lowest BCUT2D eigenvalue weighted by molar-refractivity contribution is -0.384. The third-order valence-electron chi connectivity index (χ3n) is 4.48. The summed E-state index contributed by atoms with van der Waals surface area (Å²) in [4.78, 5) is 38.9. The summed E-state index contributed by atoms with van der Waals surface area (Å²) in [7, 11) is 1.30. The minimum Gasteiger partial charge on any atom is -0.469 e. The van der Waals surface area contributed by atoms with Crippen LogP contribution < -0.4 is 0 Å². The van der Waals surface area contributed by atoms with E-state index in [1.165, 1.54) is 25.3 Å². The second-order valence-electron chi connectivity index (χ2n) is 6.44. The van der Waals surface area contributed by atoms with E-state index in [9.17, 15) is 19.7 Å². The lowest BCUT2D eigenvalue weighted by atomic mass is 10.1. The van der Waals surface area contributed by atoms with Crippen LogP contribution in [0.25, 0.3) is 0 Å². The van der Waals surface area contributed by atoms with Gasteiger partial charge >= 0.3 is 5.97 Å². The molecule has 0 saturated carbocycles. The summed E-state index contributed by atoms with van der Waals surface area (Å²) < 4.78 is 10.1. The second-order valence-corrected chi connectivity index (χ2v) is 6.44. The topological polar surface area (TPSA) is 102 Å². The summed E-state index contributed by atoms with van der Waals surface area (Å²) in [6.07, 6.45) is 0. The monoisotopic (exact) mass is 379 g/mol. The molecule has 1 atom stereocenters. The van der Waals surface area contributed by atoms with Crippen LogP contribution in [0.1, 0.15) is 17.3 Å². The van der Waals surface area contributed by atoms with Gasteiger partial charge in [0.05, 0.1) is 31.2 Å². The van der Waals surface area contributed by atoms with Crippen molar-refractivity contribution < 1.29 is 24.0 Å². The van der Waals surface area contributed by atoms with Gasteiger partial charge in [-0.25, -0.2) is 0 Å². The third-order valence-corrected chi connectivity index (χ3v) is 4.48. The molecule has 148 valence electrons. The molecular weight excluding hydrogens is 354 g/mol. The normalized spacial score (nSPS) is 15.8. The number of methoxy groups -OCH3 is 1. The van der Waals surface area contributed by atoms with Crippen molar-refractivity contribution in [2.45, 2.75) is 6.92 Å².